The van der Waals surface area contributed by atoms with Crippen LogP contribution in [0.2, 0.25) is 0 Å². The van der Waals surface area contributed by atoms with Crippen LogP contribution in [0, 0.1) is 12.7 Å². The molecule has 3 rings (SSSR count). The Morgan fingerprint density at radius 3 is 2.89 bits per heavy atom. The summed E-state index contributed by atoms with van der Waals surface area (Å²) in [5, 5.41) is 6.34. The van der Waals surface area contributed by atoms with Gasteiger partial charge in [-0.25, -0.2) is 4.39 Å². The normalized spacial score (nSPS) is 16.3. The number of amides is 1. The van der Waals surface area contributed by atoms with Gasteiger partial charge in [-0.1, -0.05) is 12.1 Å². The van der Waals surface area contributed by atoms with Crippen LogP contribution in [0.4, 0.5) is 10.1 Å². The summed E-state index contributed by atoms with van der Waals surface area (Å²) in [6.45, 7) is 3.19. The molecular weight excluding hydrogens is 387 g/mol. The molecule has 1 saturated heterocycles. The van der Waals surface area contributed by atoms with Crippen LogP contribution in [0.15, 0.2) is 42.5 Å². The van der Waals surface area contributed by atoms with Crippen LogP contribution in [0.1, 0.15) is 17.5 Å². The summed E-state index contributed by atoms with van der Waals surface area (Å²) in [4.78, 5) is 12.2. The highest BCUT2D eigenvalue weighted by Gasteiger charge is 2.17. The maximum Gasteiger partial charge on any atom is 0.225 e. The second-order valence-corrected chi connectivity index (χ2v) is 7.52. The van der Waals surface area contributed by atoms with E-state index in [2.05, 4.69) is 10.6 Å². The molecule has 146 valence electrons. The van der Waals surface area contributed by atoms with Gasteiger partial charge in [0.15, 0.2) is 0 Å². The van der Waals surface area contributed by atoms with E-state index in [0.717, 1.165) is 34.9 Å². The van der Waals surface area contributed by atoms with Crippen LogP contribution in [0.25, 0.3) is 0 Å². The van der Waals surface area contributed by atoms with E-state index in [1.807, 2.05) is 43.0 Å². The number of ether oxygens (including phenoxy) is 1. The molecule has 0 aromatic heterocycles. The first kappa shape index (κ1) is 21.5. The van der Waals surface area contributed by atoms with E-state index < -0.39 is 0 Å². The van der Waals surface area contributed by atoms with Crippen LogP contribution in [0.3, 0.4) is 0 Å². The molecule has 0 aliphatic carbocycles. The lowest BCUT2D eigenvalue weighted by Crippen LogP contribution is -2.39. The number of thioether (sulfide) groups is 1. The average Bonchev–Trinajstić information content (AvgIpc) is 2.63. The van der Waals surface area contributed by atoms with Crippen molar-refractivity contribution < 1.29 is 13.9 Å². The summed E-state index contributed by atoms with van der Waals surface area (Å²) in [7, 11) is 0. The monoisotopic (exact) mass is 410 g/mol. The minimum atomic E-state index is -0.272. The van der Waals surface area contributed by atoms with E-state index >= 15 is 0 Å². The van der Waals surface area contributed by atoms with E-state index in [1.54, 1.807) is 6.07 Å². The van der Waals surface area contributed by atoms with E-state index in [9.17, 15) is 9.18 Å². The van der Waals surface area contributed by atoms with Gasteiger partial charge in [-0.15, -0.1) is 12.4 Å². The number of carbonyl (C=O) groups is 1. The molecule has 1 aliphatic rings. The topological polar surface area (TPSA) is 50.4 Å². The van der Waals surface area contributed by atoms with Crippen molar-refractivity contribution in [3.8, 4) is 5.75 Å². The van der Waals surface area contributed by atoms with Gasteiger partial charge in [0.25, 0.3) is 0 Å². The Balaban J connectivity index is 0.00000261. The first-order valence-electron chi connectivity index (χ1n) is 8.69. The number of anilines is 1. The first-order valence-corrected chi connectivity index (χ1v) is 9.84. The summed E-state index contributed by atoms with van der Waals surface area (Å²) in [6, 6.07) is 12.1. The Morgan fingerprint density at radius 1 is 1.33 bits per heavy atom. The molecule has 0 spiro atoms. The van der Waals surface area contributed by atoms with Crippen molar-refractivity contribution in [1.82, 2.24) is 5.32 Å². The number of benzene rings is 2. The molecule has 4 nitrogen and oxygen atoms in total. The molecule has 0 bridgehead atoms. The Hall–Kier alpha value is -1.76. The summed E-state index contributed by atoms with van der Waals surface area (Å²) in [6.07, 6.45) is 0.476. The Bertz CT molecular complexity index is 769. The van der Waals surface area contributed by atoms with Gasteiger partial charge in [0.05, 0.1) is 0 Å². The number of aryl methyl sites for hydroxylation is 1. The van der Waals surface area contributed by atoms with Crippen molar-refractivity contribution in [1.29, 1.82) is 0 Å². The maximum atomic E-state index is 13.2. The van der Waals surface area contributed by atoms with Crippen LogP contribution >= 0.6 is 24.2 Å². The van der Waals surface area contributed by atoms with Crippen LogP contribution in [-0.2, 0) is 11.4 Å². The zero-order valence-corrected chi connectivity index (χ0v) is 16.8. The van der Waals surface area contributed by atoms with Gasteiger partial charge in [-0.2, -0.15) is 11.8 Å². The van der Waals surface area contributed by atoms with E-state index in [4.69, 9.17) is 4.74 Å². The fraction of sp³-hybridized carbons (Fsp3) is 0.350. The molecule has 2 aromatic rings. The molecule has 0 saturated carbocycles. The standard InChI is InChI=1S/C20H23FN2O2S.ClH/c1-14-9-18(25-12-15-3-2-4-16(21)10-15)5-6-19(14)23-20(24)11-17-13-26-8-7-22-17;/h2-6,9-10,17,22H,7-8,11-13H2,1H3,(H,23,24);1H. The second-order valence-electron chi connectivity index (χ2n) is 6.37. The summed E-state index contributed by atoms with van der Waals surface area (Å²) >= 11 is 1.88. The van der Waals surface area contributed by atoms with E-state index in [0.29, 0.717) is 18.8 Å². The Kier molecular flexibility index (Phi) is 8.41. The summed E-state index contributed by atoms with van der Waals surface area (Å²) in [5.41, 5.74) is 2.50. The third-order valence-corrected chi connectivity index (χ3v) is 5.33. The lowest BCUT2D eigenvalue weighted by molar-refractivity contribution is -0.116. The van der Waals surface area contributed by atoms with Gasteiger partial charge < -0.3 is 15.4 Å². The smallest absolute Gasteiger partial charge is 0.225 e. The second kappa shape index (κ2) is 10.5. The van der Waals surface area contributed by atoms with Crippen molar-refractivity contribution in [3.63, 3.8) is 0 Å². The predicted molar refractivity (Wildman–Crippen MR) is 112 cm³/mol. The fourth-order valence-electron chi connectivity index (χ4n) is 2.84. The molecule has 2 aromatic carbocycles. The third-order valence-electron chi connectivity index (χ3n) is 4.20. The quantitative estimate of drug-likeness (QED) is 0.750. The minimum Gasteiger partial charge on any atom is -0.489 e. The molecule has 7 heteroatoms. The van der Waals surface area contributed by atoms with E-state index in [-0.39, 0.29) is 30.2 Å². The first-order chi connectivity index (χ1) is 12.6. The molecule has 1 fully saturated rings. The molecule has 1 heterocycles. The molecule has 2 N–H and O–H groups in total. The highest BCUT2D eigenvalue weighted by Crippen LogP contribution is 2.23. The number of halogens is 2. The molecule has 0 radical (unpaired) electrons. The molecule has 1 unspecified atom stereocenters. The van der Waals surface area contributed by atoms with Crippen molar-refractivity contribution in [2.75, 3.05) is 23.4 Å². The lowest BCUT2D eigenvalue weighted by Gasteiger charge is -2.22. The zero-order valence-electron chi connectivity index (χ0n) is 15.2. The largest absolute Gasteiger partial charge is 0.489 e. The van der Waals surface area contributed by atoms with Gasteiger partial charge >= 0.3 is 0 Å². The Labute approximate surface area is 169 Å². The van der Waals surface area contributed by atoms with Crippen molar-refractivity contribution >= 4 is 35.8 Å². The van der Waals surface area contributed by atoms with Gasteiger partial charge in [0.2, 0.25) is 5.91 Å². The van der Waals surface area contributed by atoms with Crippen LogP contribution in [0.5, 0.6) is 5.75 Å². The van der Waals surface area contributed by atoms with Crippen LogP contribution in [-0.4, -0.2) is 30.0 Å². The summed E-state index contributed by atoms with van der Waals surface area (Å²) in [5.74, 6) is 2.51. The SMILES string of the molecule is Cc1cc(OCc2cccc(F)c2)ccc1NC(=O)CC1CSCCN1.Cl. The van der Waals surface area contributed by atoms with Crippen LogP contribution < -0.4 is 15.4 Å². The number of hydrogen-bond donors (Lipinski definition) is 2. The molecular formula is C20H24ClFN2O2S. The number of hydrogen-bond acceptors (Lipinski definition) is 4. The molecule has 1 amide bonds. The molecule has 1 aliphatic heterocycles. The molecule has 1 atom stereocenters. The molecule has 27 heavy (non-hydrogen) atoms. The Morgan fingerprint density at radius 2 is 2.19 bits per heavy atom. The number of nitrogens with one attached hydrogen (secondary N) is 2. The third kappa shape index (κ3) is 6.72. The van der Waals surface area contributed by atoms with Gasteiger partial charge in [-0.05, 0) is 48.4 Å². The zero-order chi connectivity index (χ0) is 18.4. The van der Waals surface area contributed by atoms with Gasteiger partial charge in [0.1, 0.15) is 18.2 Å². The van der Waals surface area contributed by atoms with Gasteiger partial charge in [-0.3, -0.25) is 4.79 Å². The van der Waals surface area contributed by atoms with Crippen molar-refractivity contribution in [3.05, 3.63) is 59.4 Å². The van der Waals surface area contributed by atoms with Gasteiger partial charge in [0, 0.05) is 36.2 Å². The summed E-state index contributed by atoms with van der Waals surface area (Å²) < 4.78 is 18.9. The fourth-order valence-corrected chi connectivity index (χ4v) is 3.78. The minimum absolute atomic E-state index is 0. The van der Waals surface area contributed by atoms with E-state index in [1.165, 1.54) is 12.1 Å². The predicted octanol–water partition coefficient (Wildman–Crippen LogP) is 4.17. The average molecular weight is 411 g/mol. The highest BCUT2D eigenvalue weighted by atomic mass is 35.5. The number of carbonyl (C=O) groups excluding carboxylic acids is 1. The van der Waals surface area contributed by atoms with Crippen molar-refractivity contribution in [2.45, 2.75) is 26.0 Å². The lowest BCUT2D eigenvalue weighted by atomic mass is 10.1. The maximum absolute atomic E-state index is 13.2. The highest BCUT2D eigenvalue weighted by molar-refractivity contribution is 7.99. The van der Waals surface area contributed by atoms with Crippen molar-refractivity contribution in [2.24, 2.45) is 0 Å². The number of rotatable bonds is 6.